The Morgan fingerprint density at radius 3 is 1.67 bits per heavy atom. The minimum absolute atomic E-state index is 0.138. The lowest BCUT2D eigenvalue weighted by Gasteiger charge is -2.18. The number of carbonyl (C=O) groups is 3. The van der Waals surface area contributed by atoms with Gasteiger partial charge in [-0.3, -0.25) is 18.6 Å². The fourth-order valence-corrected chi connectivity index (χ4v) is 5.76. The van der Waals surface area contributed by atoms with E-state index in [1.165, 1.54) is 64.2 Å². The molecule has 0 heterocycles. The summed E-state index contributed by atoms with van der Waals surface area (Å²) in [5, 5.41) is 21.7. The highest BCUT2D eigenvalue weighted by Gasteiger charge is 2.28. The molecule has 1 amide bonds. The molecule has 4 N–H and O–H groups in total. The molecule has 0 fully saturated rings. The fourth-order valence-electron chi connectivity index (χ4n) is 4.99. The molecule has 11 nitrogen and oxygen atoms in total. The number of hydrogen-bond acceptors (Lipinski definition) is 8. The van der Waals surface area contributed by atoms with Crippen molar-refractivity contribution < 1.29 is 47.8 Å². The number of rotatable bonds is 35. The smallest absolute Gasteiger partial charge is 0.472 e. The standard InChI is InChI=1S/C37H68NO10P/c1-3-5-7-9-11-12-13-14-15-16-17-18-19-20-21-23-24-26-28-35(40)38-34(37(42)43)32-48-49(44,45)47-31-33(39)30-46-36(41)29-27-25-22-10-8-6-4-2/h12-13,15-16,33-34,39H,3-11,14,17-32H2,1-2H3,(H,38,40)(H,42,43)(H,44,45)/b13-12-,16-15-. The van der Waals surface area contributed by atoms with Gasteiger partial charge in [-0.2, -0.15) is 0 Å². The number of phosphoric acid groups is 1. The quantitative estimate of drug-likeness (QED) is 0.0215. The first-order valence-corrected chi connectivity index (χ1v) is 20.4. The Labute approximate surface area is 296 Å². The number of carbonyl (C=O) groups excluding carboxylic acids is 2. The van der Waals surface area contributed by atoms with Gasteiger partial charge in [0, 0.05) is 12.8 Å². The molecule has 3 atom stereocenters. The van der Waals surface area contributed by atoms with Crippen LogP contribution in [0.3, 0.4) is 0 Å². The minimum atomic E-state index is -4.74. The number of esters is 1. The topological polar surface area (TPSA) is 169 Å². The van der Waals surface area contributed by atoms with E-state index in [4.69, 9.17) is 13.8 Å². The van der Waals surface area contributed by atoms with Crippen LogP contribution < -0.4 is 5.32 Å². The Balaban J connectivity index is 3.97. The third-order valence-corrected chi connectivity index (χ3v) is 8.94. The van der Waals surface area contributed by atoms with Crippen LogP contribution in [0.1, 0.15) is 162 Å². The second-order valence-electron chi connectivity index (χ2n) is 12.8. The molecule has 0 bridgehead atoms. The number of aliphatic hydroxyl groups excluding tert-OH is 1. The van der Waals surface area contributed by atoms with E-state index in [0.717, 1.165) is 57.8 Å². The van der Waals surface area contributed by atoms with Gasteiger partial charge in [0.2, 0.25) is 5.91 Å². The Bertz CT molecular complexity index is 942. The number of aliphatic carboxylic acids is 1. The fraction of sp³-hybridized carbons (Fsp3) is 0.811. The maximum absolute atomic E-state index is 12.3. The Morgan fingerprint density at radius 1 is 0.653 bits per heavy atom. The molecule has 0 aromatic carbocycles. The Hall–Kier alpha value is -2.04. The van der Waals surface area contributed by atoms with E-state index in [-0.39, 0.29) is 12.8 Å². The summed E-state index contributed by atoms with van der Waals surface area (Å²) >= 11 is 0. The van der Waals surface area contributed by atoms with Gasteiger partial charge in [0.15, 0.2) is 6.04 Å². The van der Waals surface area contributed by atoms with E-state index in [0.29, 0.717) is 12.8 Å². The Morgan fingerprint density at radius 2 is 1.12 bits per heavy atom. The van der Waals surface area contributed by atoms with Crippen molar-refractivity contribution in [3.63, 3.8) is 0 Å². The number of carboxylic acids is 1. The lowest BCUT2D eigenvalue weighted by Crippen LogP contribution is -2.43. The number of carboxylic acid groups (broad SMARTS) is 1. The van der Waals surface area contributed by atoms with E-state index in [1.54, 1.807) is 0 Å². The van der Waals surface area contributed by atoms with E-state index in [9.17, 15) is 34.1 Å². The summed E-state index contributed by atoms with van der Waals surface area (Å²) in [7, 11) is -4.74. The molecule has 0 rings (SSSR count). The van der Waals surface area contributed by atoms with Gasteiger partial charge >= 0.3 is 19.8 Å². The first-order valence-electron chi connectivity index (χ1n) is 18.9. The zero-order valence-corrected chi connectivity index (χ0v) is 31.4. The number of ether oxygens (including phenoxy) is 1. The van der Waals surface area contributed by atoms with Crippen molar-refractivity contribution in [1.29, 1.82) is 0 Å². The van der Waals surface area contributed by atoms with Crippen LogP contribution in [0.25, 0.3) is 0 Å². The van der Waals surface area contributed by atoms with E-state index in [2.05, 4.69) is 43.5 Å². The second-order valence-corrected chi connectivity index (χ2v) is 14.2. The van der Waals surface area contributed by atoms with Gasteiger partial charge in [-0.1, -0.05) is 128 Å². The number of phosphoric ester groups is 1. The highest BCUT2D eigenvalue weighted by molar-refractivity contribution is 7.47. The lowest BCUT2D eigenvalue weighted by molar-refractivity contribution is -0.147. The van der Waals surface area contributed by atoms with Crippen LogP contribution in [-0.4, -0.2) is 64.9 Å². The normalized spacial score (nSPS) is 14.2. The van der Waals surface area contributed by atoms with Gasteiger partial charge < -0.3 is 25.2 Å². The lowest BCUT2D eigenvalue weighted by atomic mass is 10.1. The Kier molecular flexibility index (Phi) is 31.7. The summed E-state index contributed by atoms with van der Waals surface area (Å²) in [5.41, 5.74) is 0. The largest absolute Gasteiger partial charge is 0.480 e. The monoisotopic (exact) mass is 717 g/mol. The van der Waals surface area contributed by atoms with Crippen LogP contribution in [0.4, 0.5) is 0 Å². The van der Waals surface area contributed by atoms with Crippen molar-refractivity contribution in [3.8, 4) is 0 Å². The van der Waals surface area contributed by atoms with Crippen molar-refractivity contribution in [3.05, 3.63) is 24.3 Å². The molecule has 0 aliphatic heterocycles. The van der Waals surface area contributed by atoms with Gasteiger partial charge in [0.25, 0.3) is 0 Å². The summed E-state index contributed by atoms with van der Waals surface area (Å²) in [5.74, 6) is -2.39. The average molecular weight is 718 g/mol. The molecule has 286 valence electrons. The predicted octanol–water partition coefficient (Wildman–Crippen LogP) is 8.72. The van der Waals surface area contributed by atoms with Crippen LogP contribution in [0.5, 0.6) is 0 Å². The maximum Gasteiger partial charge on any atom is 0.472 e. The van der Waals surface area contributed by atoms with Crippen LogP contribution in [-0.2, 0) is 32.7 Å². The van der Waals surface area contributed by atoms with Gasteiger partial charge in [-0.05, 0) is 44.9 Å². The molecule has 0 saturated carbocycles. The number of amides is 1. The first kappa shape index (κ1) is 47.0. The van der Waals surface area contributed by atoms with Gasteiger partial charge in [0.05, 0.1) is 13.2 Å². The molecule has 0 aliphatic carbocycles. The zero-order valence-electron chi connectivity index (χ0n) is 30.5. The summed E-state index contributed by atoms with van der Waals surface area (Å²) in [6, 6.07) is -1.55. The zero-order chi connectivity index (χ0) is 36.4. The van der Waals surface area contributed by atoms with Crippen LogP contribution in [0, 0.1) is 0 Å². The molecule has 0 aromatic heterocycles. The van der Waals surface area contributed by atoms with Gasteiger partial charge in [-0.25, -0.2) is 9.36 Å². The molecule has 3 unspecified atom stereocenters. The van der Waals surface area contributed by atoms with Crippen molar-refractivity contribution in [2.75, 3.05) is 19.8 Å². The molecular formula is C37H68NO10P. The second kappa shape index (κ2) is 33.1. The number of nitrogens with one attached hydrogen (secondary N) is 1. The summed E-state index contributed by atoms with van der Waals surface area (Å²) in [4.78, 5) is 45.5. The average Bonchev–Trinajstić information content (AvgIpc) is 3.07. The molecule has 12 heteroatoms. The van der Waals surface area contributed by atoms with Crippen LogP contribution >= 0.6 is 7.82 Å². The number of aliphatic hydroxyl groups is 1. The van der Waals surface area contributed by atoms with Crippen molar-refractivity contribution in [2.45, 2.75) is 174 Å². The van der Waals surface area contributed by atoms with Crippen molar-refractivity contribution in [2.24, 2.45) is 0 Å². The summed E-state index contributed by atoms with van der Waals surface area (Å²) in [6.07, 6.45) is 30.9. The van der Waals surface area contributed by atoms with E-state index in [1.807, 2.05) is 0 Å². The predicted molar refractivity (Wildman–Crippen MR) is 194 cm³/mol. The highest BCUT2D eigenvalue weighted by atomic mass is 31.2. The summed E-state index contributed by atoms with van der Waals surface area (Å²) in [6.45, 7) is 2.49. The van der Waals surface area contributed by atoms with Gasteiger partial charge in [0.1, 0.15) is 12.7 Å². The minimum Gasteiger partial charge on any atom is -0.480 e. The van der Waals surface area contributed by atoms with Crippen molar-refractivity contribution >= 4 is 25.7 Å². The molecule has 0 spiro atoms. The number of unbranched alkanes of at least 4 members (excludes halogenated alkanes) is 17. The molecule has 0 saturated heterocycles. The SMILES string of the molecule is CCCCCC/C=C\C/C=C\CCCCCCCCCC(=O)NC(COP(=O)(O)OCC(O)COC(=O)CCCCCCCCC)C(=O)O. The third kappa shape index (κ3) is 32.9. The van der Waals surface area contributed by atoms with E-state index >= 15 is 0 Å². The first-order chi connectivity index (χ1) is 23.6. The van der Waals surface area contributed by atoms with Crippen LogP contribution in [0.15, 0.2) is 24.3 Å². The highest BCUT2D eigenvalue weighted by Crippen LogP contribution is 2.43. The van der Waals surface area contributed by atoms with E-state index < -0.39 is 57.6 Å². The maximum atomic E-state index is 12.3. The molecule has 0 radical (unpaired) electrons. The summed E-state index contributed by atoms with van der Waals surface area (Å²) < 4.78 is 26.6. The van der Waals surface area contributed by atoms with Crippen LogP contribution in [0.2, 0.25) is 0 Å². The third-order valence-electron chi connectivity index (χ3n) is 7.99. The van der Waals surface area contributed by atoms with Crippen molar-refractivity contribution in [1.82, 2.24) is 5.32 Å². The molecule has 0 aromatic rings. The number of hydrogen-bond donors (Lipinski definition) is 4. The molecular weight excluding hydrogens is 649 g/mol. The molecule has 0 aliphatic rings. The molecule has 49 heavy (non-hydrogen) atoms. The number of allylic oxidation sites excluding steroid dienone is 4. The van der Waals surface area contributed by atoms with Gasteiger partial charge in [-0.15, -0.1) is 0 Å².